The first-order valence-corrected chi connectivity index (χ1v) is 19.0. The van der Waals surface area contributed by atoms with Crippen molar-refractivity contribution >= 4 is 56.1 Å². The van der Waals surface area contributed by atoms with Crippen molar-refractivity contribution in [3.63, 3.8) is 0 Å². The Hall–Kier alpha value is -3.52. The van der Waals surface area contributed by atoms with Crippen molar-refractivity contribution in [1.82, 2.24) is 19.8 Å². The Balaban J connectivity index is 1.29. The standard InChI is InChI=1S/C34H47ClN8O4S/c1-40-13-11-25(12-14-40)42-15-17-43(18-16-42)30-22-32(46-3)29-20-24(30)8-6-5-7-19-47-26-9-10-28(31(21-26)41(2)48(4,44)45)37-33-27(35)23-36-34(38-29)39-33/h9-10,20-23,25H,5-8,11-19H2,1-4H3,(H2,36,37,38,39). The average Bonchev–Trinajstić information content (AvgIpc) is 3.07. The second-order valence-electron chi connectivity index (χ2n) is 12.9. The molecule has 0 atom stereocenters. The second-order valence-corrected chi connectivity index (χ2v) is 15.4. The summed E-state index contributed by atoms with van der Waals surface area (Å²) in [4.78, 5) is 16.8. The lowest BCUT2D eigenvalue weighted by atomic mass is 10.0. The van der Waals surface area contributed by atoms with Crippen LogP contribution < -0.4 is 29.3 Å². The molecule has 14 heteroatoms. The number of anilines is 6. The minimum absolute atomic E-state index is 0.283. The van der Waals surface area contributed by atoms with Gasteiger partial charge in [0.05, 0.1) is 43.2 Å². The highest BCUT2D eigenvalue weighted by Gasteiger charge is 2.28. The van der Waals surface area contributed by atoms with Crippen LogP contribution >= 0.6 is 11.6 Å². The molecule has 48 heavy (non-hydrogen) atoms. The second kappa shape index (κ2) is 14.9. The van der Waals surface area contributed by atoms with E-state index in [9.17, 15) is 8.42 Å². The van der Waals surface area contributed by atoms with Crippen LogP contribution in [0.25, 0.3) is 0 Å². The topological polar surface area (TPSA) is 115 Å². The van der Waals surface area contributed by atoms with E-state index in [1.165, 1.54) is 54.7 Å². The number of fused-ring (bicyclic) bond motifs is 7. The van der Waals surface area contributed by atoms with Crippen molar-refractivity contribution in [3.05, 3.63) is 47.1 Å². The summed E-state index contributed by atoms with van der Waals surface area (Å²) in [5, 5.41) is 6.87. The molecule has 2 saturated heterocycles. The number of aromatic nitrogens is 2. The first-order valence-electron chi connectivity index (χ1n) is 16.7. The molecule has 5 heterocycles. The molecule has 0 spiro atoms. The lowest BCUT2D eigenvalue weighted by Crippen LogP contribution is -2.53. The van der Waals surface area contributed by atoms with E-state index < -0.39 is 10.0 Å². The maximum absolute atomic E-state index is 12.5. The number of hydrogen-bond acceptors (Lipinski definition) is 11. The summed E-state index contributed by atoms with van der Waals surface area (Å²) in [7, 11) is 1.84. The monoisotopic (exact) mass is 698 g/mol. The number of nitrogens with zero attached hydrogens (tertiary/aromatic N) is 6. The van der Waals surface area contributed by atoms with Crippen molar-refractivity contribution in [2.24, 2.45) is 0 Å². The summed E-state index contributed by atoms with van der Waals surface area (Å²) in [6.07, 6.45) is 8.90. The van der Waals surface area contributed by atoms with E-state index in [4.69, 9.17) is 21.1 Å². The summed E-state index contributed by atoms with van der Waals surface area (Å²) in [5.74, 6) is 1.94. The Kier molecular flexibility index (Phi) is 10.7. The van der Waals surface area contributed by atoms with Crippen molar-refractivity contribution in [1.29, 1.82) is 0 Å². The number of halogens is 1. The van der Waals surface area contributed by atoms with Gasteiger partial charge in [-0.2, -0.15) is 4.98 Å². The quantitative estimate of drug-likeness (QED) is 0.360. The molecule has 0 aliphatic carbocycles. The Morgan fingerprint density at radius 3 is 2.50 bits per heavy atom. The molecule has 4 aliphatic rings. The number of benzene rings is 2. The average molecular weight is 699 g/mol. The van der Waals surface area contributed by atoms with E-state index >= 15 is 0 Å². The van der Waals surface area contributed by atoms with Crippen molar-refractivity contribution in [2.75, 3.05) is 93.2 Å². The number of hydrogen-bond donors (Lipinski definition) is 2. The number of aryl methyl sites for hydroxylation is 1. The first-order chi connectivity index (χ1) is 23.1. The van der Waals surface area contributed by atoms with Gasteiger partial charge in [0.1, 0.15) is 16.5 Å². The van der Waals surface area contributed by atoms with Gasteiger partial charge in [-0.25, -0.2) is 13.4 Å². The molecule has 260 valence electrons. The van der Waals surface area contributed by atoms with E-state index in [0.29, 0.717) is 47.3 Å². The van der Waals surface area contributed by atoms with Gasteiger partial charge < -0.3 is 29.9 Å². The minimum atomic E-state index is -3.56. The zero-order valence-corrected chi connectivity index (χ0v) is 29.9. The highest BCUT2D eigenvalue weighted by atomic mass is 35.5. The predicted octanol–water partition coefficient (Wildman–Crippen LogP) is 5.34. The third kappa shape index (κ3) is 8.02. The molecular formula is C34H47ClN8O4S. The Morgan fingerprint density at radius 2 is 1.77 bits per heavy atom. The molecule has 4 aliphatic heterocycles. The molecule has 2 aromatic carbocycles. The summed E-state index contributed by atoms with van der Waals surface area (Å²) < 4.78 is 38.3. The maximum Gasteiger partial charge on any atom is 0.232 e. The molecular weight excluding hydrogens is 652 g/mol. The lowest BCUT2D eigenvalue weighted by molar-refractivity contribution is 0.115. The van der Waals surface area contributed by atoms with Gasteiger partial charge in [0.25, 0.3) is 0 Å². The van der Waals surface area contributed by atoms with Crippen molar-refractivity contribution in [3.8, 4) is 11.5 Å². The molecule has 2 N–H and O–H groups in total. The van der Waals surface area contributed by atoms with Gasteiger partial charge in [0.2, 0.25) is 16.0 Å². The fourth-order valence-electron chi connectivity index (χ4n) is 6.76. The zero-order valence-electron chi connectivity index (χ0n) is 28.3. The number of likely N-dealkylation sites (tertiary alicyclic amines) is 1. The molecule has 7 rings (SSSR count). The van der Waals surface area contributed by atoms with E-state index in [1.54, 1.807) is 19.2 Å². The van der Waals surface area contributed by atoms with Crippen LogP contribution in [0, 0.1) is 0 Å². The van der Waals surface area contributed by atoms with Crippen LogP contribution in [0.4, 0.5) is 34.5 Å². The molecule has 12 nitrogen and oxygen atoms in total. The maximum atomic E-state index is 12.5. The van der Waals surface area contributed by atoms with E-state index in [2.05, 4.69) is 54.5 Å². The van der Waals surface area contributed by atoms with E-state index in [1.807, 2.05) is 6.07 Å². The van der Waals surface area contributed by atoms with Crippen LogP contribution in [-0.2, 0) is 16.4 Å². The summed E-state index contributed by atoms with van der Waals surface area (Å²) >= 11 is 6.55. The van der Waals surface area contributed by atoms with Crippen LogP contribution in [0.2, 0.25) is 5.02 Å². The van der Waals surface area contributed by atoms with Crippen molar-refractivity contribution < 1.29 is 17.9 Å². The minimum Gasteiger partial charge on any atom is -0.494 e. The summed E-state index contributed by atoms with van der Waals surface area (Å²) in [6.45, 7) is 6.95. The number of sulfonamides is 1. The van der Waals surface area contributed by atoms with Gasteiger partial charge in [0.15, 0.2) is 5.82 Å². The number of piperidine rings is 1. The van der Waals surface area contributed by atoms with Gasteiger partial charge in [-0.15, -0.1) is 0 Å². The van der Waals surface area contributed by atoms with Gasteiger partial charge in [0, 0.05) is 57.1 Å². The van der Waals surface area contributed by atoms with Gasteiger partial charge in [-0.05, 0) is 82.4 Å². The summed E-state index contributed by atoms with van der Waals surface area (Å²) in [5.41, 5.74) is 4.15. The largest absolute Gasteiger partial charge is 0.494 e. The van der Waals surface area contributed by atoms with Crippen LogP contribution in [0.5, 0.6) is 11.5 Å². The van der Waals surface area contributed by atoms with Crippen LogP contribution in [0.3, 0.4) is 0 Å². The molecule has 0 amide bonds. The fraction of sp³-hybridized carbons (Fsp3) is 0.529. The van der Waals surface area contributed by atoms with Crippen LogP contribution in [-0.4, -0.2) is 108 Å². The number of piperazine rings is 1. The molecule has 0 unspecified atom stereocenters. The Labute approximate surface area is 289 Å². The molecule has 3 aromatic rings. The van der Waals surface area contributed by atoms with Crippen molar-refractivity contribution in [2.45, 2.75) is 44.6 Å². The predicted molar refractivity (Wildman–Crippen MR) is 194 cm³/mol. The molecule has 2 fully saturated rings. The van der Waals surface area contributed by atoms with Crippen LogP contribution in [0.1, 0.15) is 37.7 Å². The number of nitrogens with one attached hydrogen (secondary N) is 2. The Bertz CT molecular complexity index is 1690. The molecule has 1 aromatic heterocycles. The third-order valence-corrected chi connectivity index (χ3v) is 11.1. The number of ether oxygens (including phenoxy) is 2. The molecule has 0 radical (unpaired) electrons. The Morgan fingerprint density at radius 1 is 1.00 bits per heavy atom. The third-order valence-electron chi connectivity index (χ3n) is 9.67. The highest BCUT2D eigenvalue weighted by molar-refractivity contribution is 7.92. The van der Waals surface area contributed by atoms with E-state index in [0.717, 1.165) is 63.8 Å². The highest BCUT2D eigenvalue weighted by Crippen LogP contribution is 2.38. The zero-order chi connectivity index (χ0) is 33.8. The number of rotatable bonds is 5. The summed E-state index contributed by atoms with van der Waals surface area (Å²) in [6, 6.07) is 10.3. The number of methoxy groups -OCH3 is 1. The van der Waals surface area contributed by atoms with Gasteiger partial charge >= 0.3 is 0 Å². The fourth-order valence-corrected chi connectivity index (χ4v) is 7.40. The van der Waals surface area contributed by atoms with Gasteiger partial charge in [-0.1, -0.05) is 11.6 Å². The van der Waals surface area contributed by atoms with Crippen LogP contribution in [0.15, 0.2) is 36.5 Å². The normalized spacial score (nSPS) is 18.6. The molecule has 0 saturated carbocycles. The lowest BCUT2D eigenvalue weighted by Gasteiger charge is -2.43. The smallest absolute Gasteiger partial charge is 0.232 e. The first kappa shape index (κ1) is 34.3. The van der Waals surface area contributed by atoms with Gasteiger partial charge in [-0.3, -0.25) is 9.21 Å². The SMILES string of the molecule is COc1cc(N2CCN(C3CCN(C)CC3)CC2)c2cc1Nc1ncc(Cl)c(n1)Nc1ccc(cc1N(C)S(C)(=O)=O)OCCCCC2. The van der Waals surface area contributed by atoms with E-state index in [-0.39, 0.29) is 5.02 Å². The molecule has 6 bridgehead atoms.